The monoisotopic (exact) mass is 514 g/mol. The Morgan fingerprint density at radius 2 is 1.81 bits per heavy atom. The van der Waals surface area contributed by atoms with Gasteiger partial charge in [-0.3, -0.25) is 14.6 Å². The number of amides is 2. The van der Waals surface area contributed by atoms with Gasteiger partial charge >= 0.3 is 6.18 Å². The summed E-state index contributed by atoms with van der Waals surface area (Å²) in [5.74, 6) is -1.90. The number of halogens is 4. The molecule has 0 saturated heterocycles. The molecule has 1 unspecified atom stereocenters. The molecule has 36 heavy (non-hydrogen) atoms. The molecule has 0 aliphatic heterocycles. The molecule has 0 spiro atoms. The van der Waals surface area contributed by atoms with Crippen molar-refractivity contribution in [3.05, 3.63) is 89.5 Å². The number of carbonyl (C=O) groups excluding carboxylic acids is 2. The second-order valence-electron chi connectivity index (χ2n) is 7.66. The van der Waals surface area contributed by atoms with Crippen LogP contribution in [0.3, 0.4) is 0 Å². The molecular formula is C24H18ClF3N6O2. The van der Waals surface area contributed by atoms with Crippen LogP contribution in [0.15, 0.2) is 78.9 Å². The lowest BCUT2D eigenvalue weighted by Crippen LogP contribution is -2.24. The predicted molar refractivity (Wildman–Crippen MR) is 129 cm³/mol. The SMILES string of the molecule is O=C(Nc1cc(NC(=O)C2C=C(C(F)(F)F)C=CC2)ccc1Cl)c1cnc(Nc2cccnc2)nc1. The first kappa shape index (κ1) is 24.9. The summed E-state index contributed by atoms with van der Waals surface area (Å²) in [6.45, 7) is 0. The van der Waals surface area contributed by atoms with Crippen molar-refractivity contribution >= 4 is 46.4 Å². The highest BCUT2D eigenvalue weighted by Gasteiger charge is 2.34. The Labute approximate surface area is 208 Å². The fraction of sp³-hybridized carbons (Fsp3) is 0.125. The van der Waals surface area contributed by atoms with Gasteiger partial charge in [0.05, 0.1) is 39.6 Å². The maximum absolute atomic E-state index is 13.0. The molecule has 2 amide bonds. The van der Waals surface area contributed by atoms with Crippen molar-refractivity contribution in [1.29, 1.82) is 0 Å². The minimum absolute atomic E-state index is 0.133. The van der Waals surface area contributed by atoms with Gasteiger partial charge in [0.2, 0.25) is 11.9 Å². The summed E-state index contributed by atoms with van der Waals surface area (Å²) in [6.07, 6.45) is 4.60. The Hall–Kier alpha value is -4.25. The predicted octanol–water partition coefficient (Wildman–Crippen LogP) is 5.52. The van der Waals surface area contributed by atoms with Crippen molar-refractivity contribution in [2.24, 2.45) is 5.92 Å². The molecule has 1 aromatic carbocycles. The van der Waals surface area contributed by atoms with E-state index in [1.165, 1.54) is 36.7 Å². The Balaban J connectivity index is 1.41. The number of aromatic nitrogens is 3. The minimum Gasteiger partial charge on any atom is -0.325 e. The number of nitrogens with one attached hydrogen (secondary N) is 3. The molecule has 8 nitrogen and oxygen atoms in total. The molecule has 12 heteroatoms. The second-order valence-corrected chi connectivity index (χ2v) is 8.07. The second kappa shape index (κ2) is 10.6. The number of rotatable bonds is 6. The number of allylic oxidation sites excluding steroid dienone is 3. The molecule has 1 atom stereocenters. The van der Waals surface area contributed by atoms with Crippen molar-refractivity contribution in [1.82, 2.24) is 15.0 Å². The Bertz CT molecular complexity index is 1330. The number of hydrogen-bond acceptors (Lipinski definition) is 6. The summed E-state index contributed by atoms with van der Waals surface area (Å²) < 4.78 is 38.9. The third-order valence-electron chi connectivity index (χ3n) is 5.05. The third kappa shape index (κ3) is 6.25. The molecule has 2 aromatic heterocycles. The summed E-state index contributed by atoms with van der Waals surface area (Å²) in [5, 5.41) is 8.31. The lowest BCUT2D eigenvalue weighted by molar-refractivity contribution is -0.118. The first-order chi connectivity index (χ1) is 17.2. The quantitative estimate of drug-likeness (QED) is 0.399. The summed E-state index contributed by atoms with van der Waals surface area (Å²) in [6, 6.07) is 7.85. The van der Waals surface area contributed by atoms with E-state index in [1.807, 2.05) is 0 Å². The molecule has 0 saturated carbocycles. The number of alkyl halides is 3. The fourth-order valence-electron chi connectivity index (χ4n) is 3.26. The molecule has 0 radical (unpaired) electrons. The number of carbonyl (C=O) groups is 2. The van der Waals surface area contributed by atoms with Crippen LogP contribution in [-0.2, 0) is 4.79 Å². The van der Waals surface area contributed by atoms with Gasteiger partial charge in [-0.15, -0.1) is 0 Å². The van der Waals surface area contributed by atoms with Crippen LogP contribution in [0.4, 0.5) is 36.2 Å². The molecule has 0 fully saturated rings. The molecule has 3 aromatic rings. The first-order valence-corrected chi connectivity index (χ1v) is 10.9. The topological polar surface area (TPSA) is 109 Å². The number of hydrogen-bond donors (Lipinski definition) is 3. The van der Waals surface area contributed by atoms with Crippen molar-refractivity contribution in [3.63, 3.8) is 0 Å². The van der Waals surface area contributed by atoms with Crippen molar-refractivity contribution < 1.29 is 22.8 Å². The maximum atomic E-state index is 13.0. The van der Waals surface area contributed by atoms with Gasteiger partial charge in [-0.2, -0.15) is 13.2 Å². The number of benzene rings is 1. The Morgan fingerprint density at radius 3 is 2.50 bits per heavy atom. The lowest BCUT2D eigenvalue weighted by Gasteiger charge is -2.18. The molecule has 2 heterocycles. The average molecular weight is 515 g/mol. The van der Waals surface area contributed by atoms with Crippen molar-refractivity contribution in [3.8, 4) is 0 Å². The van der Waals surface area contributed by atoms with Gasteiger partial charge in [0, 0.05) is 24.3 Å². The largest absolute Gasteiger partial charge is 0.416 e. The summed E-state index contributed by atoms with van der Waals surface area (Å²) >= 11 is 6.18. The molecule has 0 bridgehead atoms. The summed E-state index contributed by atoms with van der Waals surface area (Å²) in [5.41, 5.74) is 0.392. The van der Waals surface area contributed by atoms with Gasteiger partial charge in [-0.1, -0.05) is 29.8 Å². The van der Waals surface area contributed by atoms with E-state index in [0.29, 0.717) is 5.69 Å². The normalized spacial score (nSPS) is 15.1. The molecule has 4 rings (SSSR count). The zero-order chi connectivity index (χ0) is 25.7. The van der Waals surface area contributed by atoms with E-state index in [9.17, 15) is 22.8 Å². The van der Waals surface area contributed by atoms with Gasteiger partial charge in [0.25, 0.3) is 5.91 Å². The first-order valence-electron chi connectivity index (χ1n) is 10.6. The molecule has 1 aliphatic carbocycles. The zero-order valence-electron chi connectivity index (χ0n) is 18.4. The van der Waals surface area contributed by atoms with Gasteiger partial charge in [-0.25, -0.2) is 9.97 Å². The van der Waals surface area contributed by atoms with Gasteiger partial charge < -0.3 is 16.0 Å². The van der Waals surface area contributed by atoms with E-state index >= 15 is 0 Å². The zero-order valence-corrected chi connectivity index (χ0v) is 19.1. The number of pyridine rings is 1. The van der Waals surface area contributed by atoms with Crippen LogP contribution in [0.5, 0.6) is 0 Å². The van der Waals surface area contributed by atoms with E-state index in [-0.39, 0.29) is 34.3 Å². The average Bonchev–Trinajstić information content (AvgIpc) is 2.86. The summed E-state index contributed by atoms with van der Waals surface area (Å²) in [4.78, 5) is 37.4. The van der Waals surface area contributed by atoms with Crippen molar-refractivity contribution in [2.45, 2.75) is 12.6 Å². The Morgan fingerprint density at radius 1 is 1.03 bits per heavy atom. The summed E-state index contributed by atoms with van der Waals surface area (Å²) in [7, 11) is 0. The molecule has 184 valence electrons. The lowest BCUT2D eigenvalue weighted by atomic mass is 9.95. The number of anilines is 4. The van der Waals surface area contributed by atoms with Crippen LogP contribution in [0, 0.1) is 5.92 Å². The van der Waals surface area contributed by atoms with Crippen molar-refractivity contribution in [2.75, 3.05) is 16.0 Å². The van der Waals surface area contributed by atoms with E-state index in [0.717, 1.165) is 12.2 Å². The van der Waals surface area contributed by atoms with Gasteiger partial charge in [0.15, 0.2) is 0 Å². The van der Waals surface area contributed by atoms with Crippen LogP contribution < -0.4 is 16.0 Å². The number of nitrogens with zero attached hydrogens (tertiary/aromatic N) is 3. The highest BCUT2D eigenvalue weighted by molar-refractivity contribution is 6.34. The van der Waals surface area contributed by atoms with Crippen LogP contribution in [0.25, 0.3) is 0 Å². The minimum atomic E-state index is -4.54. The molecule has 3 N–H and O–H groups in total. The van der Waals surface area contributed by atoms with E-state index in [4.69, 9.17) is 11.6 Å². The van der Waals surface area contributed by atoms with Gasteiger partial charge in [0.1, 0.15) is 0 Å². The van der Waals surface area contributed by atoms with Crippen LogP contribution in [0.2, 0.25) is 5.02 Å². The van der Waals surface area contributed by atoms with Crippen LogP contribution in [-0.4, -0.2) is 32.9 Å². The van der Waals surface area contributed by atoms with Crippen LogP contribution in [0.1, 0.15) is 16.8 Å². The molecule has 1 aliphatic rings. The van der Waals surface area contributed by atoms with E-state index < -0.39 is 29.5 Å². The maximum Gasteiger partial charge on any atom is 0.416 e. The van der Waals surface area contributed by atoms with Gasteiger partial charge in [-0.05, 0) is 36.8 Å². The highest BCUT2D eigenvalue weighted by Crippen LogP contribution is 2.32. The van der Waals surface area contributed by atoms with E-state index in [2.05, 4.69) is 30.9 Å². The standard InChI is InChI=1S/C24H18ClF3N6O2/c25-19-7-6-17(32-21(35)14-3-1-4-16(9-14)24(26,27)28)10-20(19)34-22(36)15-11-30-23(31-12-15)33-18-5-2-8-29-13-18/h1-2,4-14H,3H2,(H,32,35)(H,34,36)(H,30,31,33). The van der Waals surface area contributed by atoms with E-state index in [1.54, 1.807) is 24.5 Å². The molecular weight excluding hydrogens is 497 g/mol. The third-order valence-corrected chi connectivity index (χ3v) is 5.38. The highest BCUT2D eigenvalue weighted by atomic mass is 35.5. The Kier molecular flexibility index (Phi) is 7.30. The van der Waals surface area contributed by atoms with Crippen LogP contribution >= 0.6 is 11.6 Å². The fourth-order valence-corrected chi connectivity index (χ4v) is 3.42. The smallest absolute Gasteiger partial charge is 0.325 e.